The molecule has 2 rings (SSSR count). The van der Waals surface area contributed by atoms with Crippen molar-refractivity contribution in [1.82, 2.24) is 5.32 Å². The molecular weight excluding hydrogens is 338 g/mol. The van der Waals surface area contributed by atoms with Crippen LogP contribution in [-0.4, -0.2) is 82.3 Å². The van der Waals surface area contributed by atoms with Gasteiger partial charge in [0.15, 0.2) is 6.29 Å². The van der Waals surface area contributed by atoms with E-state index in [2.05, 4.69) is 5.32 Å². The molecule has 2 heterocycles. The molecule has 10 heteroatoms. The van der Waals surface area contributed by atoms with Crippen molar-refractivity contribution in [3.8, 4) is 0 Å². The lowest BCUT2D eigenvalue weighted by atomic mass is 9.90. The summed E-state index contributed by atoms with van der Waals surface area (Å²) in [5, 5.41) is 41.1. The van der Waals surface area contributed by atoms with Gasteiger partial charge in [-0.25, -0.2) is 4.79 Å². The summed E-state index contributed by atoms with van der Waals surface area (Å²) in [6.45, 7) is 2.79. The quantitative estimate of drug-likeness (QED) is 0.194. The number of rotatable bonds is 6. The van der Waals surface area contributed by atoms with Crippen LogP contribution in [0.5, 0.6) is 0 Å². The molecule has 2 saturated heterocycles. The van der Waals surface area contributed by atoms with Crippen LogP contribution in [0.1, 0.15) is 13.8 Å². The van der Waals surface area contributed by atoms with E-state index in [4.69, 9.17) is 19.3 Å². The van der Waals surface area contributed by atoms with E-state index in [1.165, 1.54) is 6.92 Å². The maximum atomic E-state index is 11.8. The fourth-order valence-electron chi connectivity index (χ4n) is 2.73. The third-order valence-electron chi connectivity index (χ3n) is 4.11. The molecule has 142 valence electrons. The fraction of sp³-hybridized carbons (Fsp3) is 0.733. The van der Waals surface area contributed by atoms with Crippen molar-refractivity contribution in [2.75, 3.05) is 13.2 Å². The first-order valence-electron chi connectivity index (χ1n) is 7.95. The van der Waals surface area contributed by atoms with Gasteiger partial charge in [-0.15, -0.1) is 0 Å². The van der Waals surface area contributed by atoms with Crippen molar-refractivity contribution in [3.63, 3.8) is 0 Å². The zero-order valence-electron chi connectivity index (χ0n) is 13.9. The Bertz CT molecular complexity index is 535. The van der Waals surface area contributed by atoms with Gasteiger partial charge < -0.3 is 40.0 Å². The highest BCUT2D eigenvalue weighted by Gasteiger charge is 2.47. The van der Waals surface area contributed by atoms with Gasteiger partial charge in [0.25, 0.3) is 0 Å². The lowest BCUT2D eigenvalue weighted by molar-refractivity contribution is -0.312. The van der Waals surface area contributed by atoms with Crippen LogP contribution in [0, 0.1) is 5.92 Å². The average molecular weight is 361 g/mol. The molecule has 0 radical (unpaired) electrons. The minimum atomic E-state index is -1.58. The van der Waals surface area contributed by atoms with Crippen LogP contribution in [0.2, 0.25) is 0 Å². The molecule has 0 saturated carbocycles. The molecule has 7 atom stereocenters. The first-order valence-corrected chi connectivity index (χ1v) is 7.95. The van der Waals surface area contributed by atoms with Crippen molar-refractivity contribution in [1.29, 1.82) is 0 Å². The van der Waals surface area contributed by atoms with Crippen LogP contribution in [-0.2, 0) is 23.8 Å². The highest BCUT2D eigenvalue weighted by Crippen LogP contribution is 2.29. The minimum absolute atomic E-state index is 0.193. The van der Waals surface area contributed by atoms with Crippen LogP contribution in [0.25, 0.3) is 0 Å². The van der Waals surface area contributed by atoms with E-state index in [1.807, 2.05) is 0 Å². The third kappa shape index (κ3) is 4.17. The number of nitrogens with one attached hydrogen (secondary N) is 1. The zero-order chi connectivity index (χ0) is 18.7. The summed E-state index contributed by atoms with van der Waals surface area (Å²) in [5.74, 6) is -1.79. The molecule has 0 aromatic carbocycles. The van der Waals surface area contributed by atoms with Gasteiger partial charge in [0.05, 0.1) is 19.3 Å². The number of hydrogen-bond acceptors (Lipinski definition) is 9. The second-order valence-corrected chi connectivity index (χ2v) is 5.86. The number of amides is 1. The molecule has 1 amide bonds. The summed E-state index contributed by atoms with van der Waals surface area (Å²) >= 11 is 0. The normalized spacial score (nSPS) is 38.0. The Labute approximate surface area is 144 Å². The molecule has 0 bridgehead atoms. The van der Waals surface area contributed by atoms with Crippen LogP contribution >= 0.6 is 0 Å². The predicted molar refractivity (Wildman–Crippen MR) is 80.7 cm³/mol. The lowest BCUT2D eigenvalue weighted by Crippen LogP contribution is -2.61. The fourth-order valence-corrected chi connectivity index (χ4v) is 2.73. The molecule has 5 N–H and O–H groups in total. The van der Waals surface area contributed by atoms with Crippen molar-refractivity contribution < 1.29 is 44.2 Å². The van der Waals surface area contributed by atoms with Crippen molar-refractivity contribution in [3.05, 3.63) is 11.8 Å². The van der Waals surface area contributed by atoms with E-state index in [0.717, 1.165) is 6.08 Å². The van der Waals surface area contributed by atoms with Gasteiger partial charge in [-0.2, -0.15) is 0 Å². The van der Waals surface area contributed by atoms with Gasteiger partial charge >= 0.3 is 5.97 Å². The summed E-state index contributed by atoms with van der Waals surface area (Å²) in [6.07, 6.45) is -6.78. The first-order chi connectivity index (χ1) is 11.8. The highest BCUT2D eigenvalue weighted by molar-refractivity contribution is 5.95. The van der Waals surface area contributed by atoms with E-state index in [9.17, 15) is 24.9 Å². The van der Waals surface area contributed by atoms with Crippen molar-refractivity contribution in [2.24, 2.45) is 5.92 Å². The Balaban J connectivity index is 2.03. The molecule has 0 aliphatic carbocycles. The van der Waals surface area contributed by atoms with Gasteiger partial charge in [0, 0.05) is 11.8 Å². The molecule has 0 unspecified atom stereocenters. The van der Waals surface area contributed by atoms with E-state index < -0.39 is 55.3 Å². The predicted octanol–water partition coefficient (Wildman–Crippen LogP) is -2.62. The standard InChI is InChI=1S/C15H23NO9/c1-3-23-9(18)4-7-10(14(22)16-7)6(2)24-15-13(21)12(20)11(19)8(5-17)25-15/h4,6,8,10-13,15,17,19-21H,3,5H2,1-2H3,(H,16,22)/b7-4+/t6-,8-,10-,11+,12+,13-,15+/m1/s1. The van der Waals surface area contributed by atoms with Gasteiger partial charge in [0.1, 0.15) is 30.3 Å². The Kier molecular flexibility index (Phi) is 6.49. The number of carbonyl (C=O) groups excluding carboxylic acids is 2. The van der Waals surface area contributed by atoms with Gasteiger partial charge in [-0.05, 0) is 13.8 Å². The topological polar surface area (TPSA) is 155 Å². The largest absolute Gasteiger partial charge is 0.463 e. The zero-order valence-corrected chi connectivity index (χ0v) is 13.9. The molecule has 0 spiro atoms. The monoisotopic (exact) mass is 361 g/mol. The molecule has 2 aliphatic rings. The Morgan fingerprint density at radius 2 is 2.00 bits per heavy atom. The molecule has 0 aromatic rings. The Morgan fingerprint density at radius 3 is 2.56 bits per heavy atom. The second-order valence-electron chi connectivity index (χ2n) is 5.86. The van der Waals surface area contributed by atoms with E-state index in [1.54, 1.807) is 6.92 Å². The molecule has 10 nitrogen and oxygen atoms in total. The van der Waals surface area contributed by atoms with Gasteiger partial charge in [-0.3, -0.25) is 4.79 Å². The number of β-lactam (4-membered cyclic amide) rings is 1. The van der Waals surface area contributed by atoms with Crippen molar-refractivity contribution >= 4 is 11.9 Å². The summed E-state index contributed by atoms with van der Waals surface area (Å²) in [7, 11) is 0. The Morgan fingerprint density at radius 1 is 1.32 bits per heavy atom. The number of hydrogen-bond donors (Lipinski definition) is 5. The van der Waals surface area contributed by atoms with Crippen LogP contribution in [0.4, 0.5) is 0 Å². The average Bonchev–Trinajstić information content (AvgIpc) is 2.54. The third-order valence-corrected chi connectivity index (χ3v) is 4.11. The Hall–Kier alpha value is -1.56. The number of ether oxygens (including phenoxy) is 3. The smallest absolute Gasteiger partial charge is 0.332 e. The minimum Gasteiger partial charge on any atom is -0.463 e. The van der Waals surface area contributed by atoms with E-state index in [0.29, 0.717) is 5.70 Å². The maximum Gasteiger partial charge on any atom is 0.332 e. The van der Waals surface area contributed by atoms with Gasteiger partial charge in [-0.1, -0.05) is 0 Å². The summed E-state index contributed by atoms with van der Waals surface area (Å²) in [4.78, 5) is 23.2. The van der Waals surface area contributed by atoms with Gasteiger partial charge in [0.2, 0.25) is 5.91 Å². The van der Waals surface area contributed by atoms with Crippen LogP contribution < -0.4 is 5.32 Å². The molecule has 25 heavy (non-hydrogen) atoms. The van der Waals surface area contributed by atoms with Crippen LogP contribution in [0.15, 0.2) is 11.8 Å². The van der Waals surface area contributed by atoms with E-state index in [-0.39, 0.29) is 12.5 Å². The summed E-state index contributed by atoms with van der Waals surface area (Å²) in [5.41, 5.74) is 0.306. The van der Waals surface area contributed by atoms with E-state index >= 15 is 0 Å². The highest BCUT2D eigenvalue weighted by atomic mass is 16.7. The molecule has 2 fully saturated rings. The number of esters is 1. The summed E-state index contributed by atoms with van der Waals surface area (Å²) < 4.78 is 15.5. The molecular formula is C15H23NO9. The van der Waals surface area contributed by atoms with Crippen LogP contribution in [0.3, 0.4) is 0 Å². The maximum absolute atomic E-state index is 11.8. The number of aliphatic hydroxyl groups excluding tert-OH is 4. The number of carbonyl (C=O) groups is 2. The second kappa shape index (κ2) is 8.21. The molecule has 2 aliphatic heterocycles. The summed E-state index contributed by atoms with van der Waals surface area (Å²) in [6, 6.07) is 0. The lowest BCUT2D eigenvalue weighted by Gasteiger charge is -2.42. The van der Waals surface area contributed by atoms with Crippen molar-refractivity contribution in [2.45, 2.75) is 50.7 Å². The SMILES string of the molecule is CCOC(=O)/C=C1/NC(=O)[C@@H]1[C@@H](C)O[C@H]1O[C@H](CO)[C@H](O)[C@H](O)[C@H]1O. The number of aliphatic hydroxyl groups is 4. The molecule has 0 aromatic heterocycles. The first kappa shape index (κ1) is 19.8.